The minimum absolute atomic E-state index is 0.0227. The van der Waals surface area contributed by atoms with Crippen LogP contribution in [0, 0.1) is 0 Å². The Morgan fingerprint density at radius 2 is 2.33 bits per heavy atom. The second-order valence-electron chi connectivity index (χ2n) is 5.43. The van der Waals surface area contributed by atoms with E-state index in [0.29, 0.717) is 5.02 Å². The molecule has 1 aliphatic heterocycles. The van der Waals surface area contributed by atoms with Gasteiger partial charge in [-0.15, -0.1) is 0 Å². The highest BCUT2D eigenvalue weighted by atomic mass is 35.5. The molecule has 1 N–H and O–H groups in total. The summed E-state index contributed by atoms with van der Waals surface area (Å²) in [4.78, 5) is 21.7. The molecule has 0 radical (unpaired) electrons. The number of rotatable bonds is 3. The van der Waals surface area contributed by atoms with Gasteiger partial charge in [0.15, 0.2) is 0 Å². The predicted octanol–water partition coefficient (Wildman–Crippen LogP) is 3.67. The molecule has 1 amide bonds. The van der Waals surface area contributed by atoms with E-state index in [0.717, 1.165) is 42.0 Å². The van der Waals surface area contributed by atoms with Crippen molar-refractivity contribution in [2.24, 2.45) is 0 Å². The van der Waals surface area contributed by atoms with Crippen LogP contribution in [0.5, 0.6) is 0 Å². The lowest BCUT2D eigenvalue weighted by molar-refractivity contribution is -0.117. The summed E-state index contributed by atoms with van der Waals surface area (Å²) in [6, 6.07) is 5.60. The van der Waals surface area contributed by atoms with Crippen molar-refractivity contribution in [3.05, 3.63) is 46.5 Å². The molecule has 2 aromatic rings. The molecule has 0 saturated heterocycles. The van der Waals surface area contributed by atoms with Crippen molar-refractivity contribution in [3.8, 4) is 0 Å². The second kappa shape index (κ2) is 5.53. The number of anilines is 1. The van der Waals surface area contributed by atoms with Gasteiger partial charge in [0.2, 0.25) is 5.91 Å². The van der Waals surface area contributed by atoms with Crippen molar-refractivity contribution < 1.29 is 4.79 Å². The summed E-state index contributed by atoms with van der Waals surface area (Å²) in [5.41, 5.74) is 3.14. The number of hydrogen-bond donors (Lipinski definition) is 1. The van der Waals surface area contributed by atoms with Crippen LogP contribution in [0.25, 0.3) is 0 Å². The molecule has 1 unspecified atom stereocenters. The zero-order valence-corrected chi connectivity index (χ0v) is 12.9. The zero-order chi connectivity index (χ0) is 15.0. The standard InChI is InChI=1S/C16H18ClN3O/c1-3-4-13-9-18-16(19-13)15-8-11-7-12(17)5-6-14(11)20(15)10(2)21/h5-7,9,15H,3-4,8H2,1-2H3,(H,18,19). The fraction of sp³-hybridized carbons (Fsp3) is 0.375. The Kier molecular flexibility index (Phi) is 3.72. The minimum atomic E-state index is -0.0680. The molecule has 0 saturated carbocycles. The first-order valence-corrected chi connectivity index (χ1v) is 7.60. The Bertz CT molecular complexity index is 680. The molecule has 21 heavy (non-hydrogen) atoms. The monoisotopic (exact) mass is 303 g/mol. The number of carbonyl (C=O) groups is 1. The van der Waals surface area contributed by atoms with E-state index in [1.807, 2.05) is 24.4 Å². The molecule has 0 spiro atoms. The van der Waals surface area contributed by atoms with Gasteiger partial charge in [-0.25, -0.2) is 4.98 Å². The van der Waals surface area contributed by atoms with Gasteiger partial charge in [0.1, 0.15) is 5.82 Å². The Balaban J connectivity index is 1.97. The predicted molar refractivity (Wildman–Crippen MR) is 83.6 cm³/mol. The lowest BCUT2D eigenvalue weighted by atomic mass is 10.1. The third-order valence-corrected chi connectivity index (χ3v) is 4.08. The van der Waals surface area contributed by atoms with Gasteiger partial charge in [0.25, 0.3) is 0 Å². The largest absolute Gasteiger partial charge is 0.344 e. The molecular weight excluding hydrogens is 286 g/mol. The first-order chi connectivity index (χ1) is 10.1. The Labute approximate surface area is 129 Å². The van der Waals surface area contributed by atoms with Crippen LogP contribution in [0.4, 0.5) is 5.69 Å². The smallest absolute Gasteiger partial charge is 0.224 e. The normalized spacial score (nSPS) is 17.1. The summed E-state index contributed by atoms with van der Waals surface area (Å²) >= 11 is 6.06. The number of benzene rings is 1. The highest BCUT2D eigenvalue weighted by Gasteiger charge is 2.34. The zero-order valence-electron chi connectivity index (χ0n) is 12.2. The average Bonchev–Trinajstić information content (AvgIpc) is 3.02. The summed E-state index contributed by atoms with van der Waals surface area (Å²) in [5, 5.41) is 0.698. The maximum absolute atomic E-state index is 12.1. The van der Waals surface area contributed by atoms with Crippen LogP contribution < -0.4 is 4.90 Å². The number of aromatic nitrogens is 2. The molecule has 2 heterocycles. The number of hydrogen-bond acceptors (Lipinski definition) is 2. The summed E-state index contributed by atoms with van der Waals surface area (Å²) in [7, 11) is 0. The first-order valence-electron chi connectivity index (χ1n) is 7.22. The van der Waals surface area contributed by atoms with Gasteiger partial charge < -0.3 is 9.88 Å². The van der Waals surface area contributed by atoms with E-state index >= 15 is 0 Å². The highest BCUT2D eigenvalue weighted by Crippen LogP contribution is 2.40. The number of aromatic amines is 1. The van der Waals surface area contributed by atoms with Crippen molar-refractivity contribution in [1.82, 2.24) is 9.97 Å². The molecule has 3 rings (SSSR count). The van der Waals surface area contributed by atoms with E-state index in [9.17, 15) is 4.79 Å². The molecule has 1 aliphatic rings. The molecule has 4 nitrogen and oxygen atoms in total. The van der Waals surface area contributed by atoms with Gasteiger partial charge in [-0.2, -0.15) is 0 Å². The minimum Gasteiger partial charge on any atom is -0.344 e. The van der Waals surface area contributed by atoms with E-state index in [4.69, 9.17) is 11.6 Å². The highest BCUT2D eigenvalue weighted by molar-refractivity contribution is 6.30. The number of aryl methyl sites for hydroxylation is 1. The molecule has 1 aromatic carbocycles. The van der Waals surface area contributed by atoms with Gasteiger partial charge in [-0.3, -0.25) is 4.79 Å². The Morgan fingerprint density at radius 3 is 3.05 bits per heavy atom. The van der Waals surface area contributed by atoms with Crippen LogP contribution in [0.15, 0.2) is 24.4 Å². The first kappa shape index (κ1) is 14.1. The molecule has 0 fully saturated rings. The number of carbonyl (C=O) groups excluding carboxylic acids is 1. The quantitative estimate of drug-likeness (QED) is 0.940. The molecule has 5 heteroatoms. The summed E-state index contributed by atoms with van der Waals surface area (Å²) in [5.74, 6) is 0.871. The molecule has 110 valence electrons. The Hall–Kier alpha value is -1.81. The maximum Gasteiger partial charge on any atom is 0.224 e. The van der Waals surface area contributed by atoms with Crippen molar-refractivity contribution in [2.75, 3.05) is 4.90 Å². The fourth-order valence-corrected chi connectivity index (χ4v) is 3.17. The summed E-state index contributed by atoms with van der Waals surface area (Å²) in [6.45, 7) is 3.72. The molecule has 0 bridgehead atoms. The average molecular weight is 304 g/mol. The lowest BCUT2D eigenvalue weighted by Gasteiger charge is -2.22. The van der Waals surface area contributed by atoms with E-state index in [-0.39, 0.29) is 11.9 Å². The third-order valence-electron chi connectivity index (χ3n) is 3.85. The van der Waals surface area contributed by atoms with Crippen molar-refractivity contribution in [2.45, 2.75) is 39.2 Å². The Morgan fingerprint density at radius 1 is 1.52 bits per heavy atom. The number of imidazole rings is 1. The SMILES string of the molecule is CCCc1cnc(C2Cc3cc(Cl)ccc3N2C(C)=O)[nH]1. The van der Waals surface area contributed by atoms with Gasteiger partial charge >= 0.3 is 0 Å². The van der Waals surface area contributed by atoms with Crippen molar-refractivity contribution in [1.29, 1.82) is 0 Å². The van der Waals surface area contributed by atoms with Crippen molar-refractivity contribution in [3.63, 3.8) is 0 Å². The fourth-order valence-electron chi connectivity index (χ4n) is 2.97. The van der Waals surface area contributed by atoms with E-state index in [1.54, 1.807) is 11.8 Å². The number of nitrogens with one attached hydrogen (secondary N) is 1. The third kappa shape index (κ3) is 2.56. The van der Waals surface area contributed by atoms with Gasteiger partial charge in [-0.05, 0) is 30.2 Å². The van der Waals surface area contributed by atoms with E-state index in [1.165, 1.54) is 0 Å². The molecule has 1 atom stereocenters. The van der Waals surface area contributed by atoms with Crippen LogP contribution in [-0.4, -0.2) is 15.9 Å². The lowest BCUT2D eigenvalue weighted by Crippen LogP contribution is -2.30. The van der Waals surface area contributed by atoms with Crippen LogP contribution >= 0.6 is 11.6 Å². The number of fused-ring (bicyclic) bond motifs is 1. The summed E-state index contributed by atoms with van der Waals surface area (Å²) in [6.07, 6.45) is 4.65. The van der Waals surface area contributed by atoms with Crippen LogP contribution in [-0.2, 0) is 17.6 Å². The molecule has 1 aromatic heterocycles. The number of amides is 1. The van der Waals surface area contributed by atoms with Gasteiger partial charge in [0, 0.05) is 35.9 Å². The summed E-state index contributed by atoms with van der Waals surface area (Å²) < 4.78 is 0. The van der Waals surface area contributed by atoms with E-state index < -0.39 is 0 Å². The van der Waals surface area contributed by atoms with Crippen LogP contribution in [0.1, 0.15) is 43.4 Å². The maximum atomic E-state index is 12.1. The number of halogens is 1. The van der Waals surface area contributed by atoms with Crippen molar-refractivity contribution >= 4 is 23.2 Å². The van der Waals surface area contributed by atoms with Gasteiger partial charge in [0.05, 0.1) is 6.04 Å². The van der Waals surface area contributed by atoms with E-state index in [2.05, 4.69) is 16.9 Å². The molecule has 0 aliphatic carbocycles. The second-order valence-corrected chi connectivity index (χ2v) is 5.86. The number of H-pyrrole nitrogens is 1. The van der Waals surface area contributed by atoms with Gasteiger partial charge in [-0.1, -0.05) is 24.9 Å². The molecular formula is C16H18ClN3O. The topological polar surface area (TPSA) is 49.0 Å². The van der Waals surface area contributed by atoms with Crippen LogP contribution in [0.2, 0.25) is 5.02 Å². The van der Waals surface area contributed by atoms with Crippen LogP contribution in [0.3, 0.4) is 0 Å². The number of nitrogens with zero attached hydrogens (tertiary/aromatic N) is 2.